The SMILES string of the molecule is CCCC(=O)O.CCN1CCC(C)(C)c2c(O)cccc21. The second kappa shape index (κ2) is 7.34. The van der Waals surface area contributed by atoms with Gasteiger partial charge in [0.1, 0.15) is 5.75 Å². The van der Waals surface area contributed by atoms with E-state index in [1.54, 1.807) is 6.07 Å². The Morgan fingerprint density at radius 2 is 2.00 bits per heavy atom. The van der Waals surface area contributed by atoms with E-state index in [0.717, 1.165) is 31.5 Å². The molecular formula is C17H27NO3. The fourth-order valence-electron chi connectivity index (χ4n) is 2.69. The molecule has 21 heavy (non-hydrogen) atoms. The number of hydrogen-bond donors (Lipinski definition) is 2. The van der Waals surface area contributed by atoms with Gasteiger partial charge in [-0.1, -0.05) is 26.8 Å². The Kier molecular flexibility index (Phi) is 6.06. The normalized spacial score (nSPS) is 15.7. The van der Waals surface area contributed by atoms with Crippen molar-refractivity contribution in [3.63, 3.8) is 0 Å². The quantitative estimate of drug-likeness (QED) is 0.890. The molecule has 0 saturated heterocycles. The molecule has 2 N–H and O–H groups in total. The highest BCUT2D eigenvalue weighted by atomic mass is 16.4. The topological polar surface area (TPSA) is 60.8 Å². The average Bonchev–Trinajstić information content (AvgIpc) is 2.39. The van der Waals surface area contributed by atoms with Crippen molar-refractivity contribution in [1.29, 1.82) is 0 Å². The predicted octanol–water partition coefficient (Wildman–Crippen LogP) is 3.77. The molecule has 0 fully saturated rings. The minimum Gasteiger partial charge on any atom is -0.508 e. The van der Waals surface area contributed by atoms with Crippen molar-refractivity contribution in [3.05, 3.63) is 23.8 Å². The zero-order chi connectivity index (χ0) is 16.0. The molecule has 0 bridgehead atoms. The van der Waals surface area contributed by atoms with Crippen LogP contribution in [0.15, 0.2) is 18.2 Å². The number of anilines is 1. The van der Waals surface area contributed by atoms with Gasteiger partial charge >= 0.3 is 5.97 Å². The van der Waals surface area contributed by atoms with Gasteiger partial charge in [0.25, 0.3) is 0 Å². The largest absolute Gasteiger partial charge is 0.508 e. The van der Waals surface area contributed by atoms with Crippen molar-refractivity contribution in [2.45, 2.75) is 52.4 Å². The molecule has 0 aromatic heterocycles. The molecule has 2 rings (SSSR count). The number of hydrogen-bond acceptors (Lipinski definition) is 3. The molecule has 0 aliphatic carbocycles. The Morgan fingerprint density at radius 1 is 1.33 bits per heavy atom. The summed E-state index contributed by atoms with van der Waals surface area (Å²) in [6.45, 7) is 10.5. The van der Waals surface area contributed by atoms with E-state index in [1.807, 2.05) is 13.0 Å². The number of aliphatic carboxylic acids is 1. The maximum absolute atomic E-state index is 9.98. The third-order valence-electron chi connectivity index (χ3n) is 3.89. The van der Waals surface area contributed by atoms with Crippen LogP contribution in [0.4, 0.5) is 5.69 Å². The first-order chi connectivity index (χ1) is 9.83. The first-order valence-corrected chi connectivity index (χ1v) is 7.62. The summed E-state index contributed by atoms with van der Waals surface area (Å²) in [7, 11) is 0. The van der Waals surface area contributed by atoms with Crippen molar-refractivity contribution in [2.75, 3.05) is 18.0 Å². The van der Waals surface area contributed by atoms with Crippen molar-refractivity contribution < 1.29 is 15.0 Å². The molecule has 0 amide bonds. The van der Waals surface area contributed by atoms with Crippen LogP contribution in [0.25, 0.3) is 0 Å². The van der Waals surface area contributed by atoms with Gasteiger partial charge in [-0.2, -0.15) is 0 Å². The van der Waals surface area contributed by atoms with E-state index in [1.165, 1.54) is 5.69 Å². The molecule has 1 aliphatic rings. The number of phenolic OH excluding ortho intramolecular Hbond substituents is 1. The lowest BCUT2D eigenvalue weighted by molar-refractivity contribution is -0.137. The summed E-state index contributed by atoms with van der Waals surface area (Å²) in [6.07, 6.45) is 2.13. The van der Waals surface area contributed by atoms with Gasteiger partial charge in [-0.15, -0.1) is 0 Å². The van der Waals surface area contributed by atoms with Crippen LogP contribution in [0.2, 0.25) is 0 Å². The van der Waals surface area contributed by atoms with Crippen LogP contribution in [-0.4, -0.2) is 29.3 Å². The number of aromatic hydroxyl groups is 1. The van der Waals surface area contributed by atoms with Gasteiger partial charge < -0.3 is 15.1 Å². The van der Waals surface area contributed by atoms with Gasteiger partial charge in [-0.3, -0.25) is 4.79 Å². The smallest absolute Gasteiger partial charge is 0.303 e. The van der Waals surface area contributed by atoms with Gasteiger partial charge in [-0.25, -0.2) is 0 Å². The molecule has 0 atom stereocenters. The minimum atomic E-state index is -0.711. The van der Waals surface area contributed by atoms with Crippen LogP contribution in [0, 0.1) is 0 Å². The van der Waals surface area contributed by atoms with Crippen LogP contribution >= 0.6 is 0 Å². The average molecular weight is 293 g/mol. The van der Waals surface area contributed by atoms with E-state index in [-0.39, 0.29) is 5.41 Å². The molecule has 1 aromatic carbocycles. The monoisotopic (exact) mass is 293 g/mol. The first kappa shape index (κ1) is 17.3. The van der Waals surface area contributed by atoms with Crippen molar-refractivity contribution in [2.24, 2.45) is 0 Å². The highest BCUT2D eigenvalue weighted by Gasteiger charge is 2.32. The van der Waals surface area contributed by atoms with Crippen molar-refractivity contribution in [1.82, 2.24) is 0 Å². The van der Waals surface area contributed by atoms with E-state index in [9.17, 15) is 9.90 Å². The fourth-order valence-corrected chi connectivity index (χ4v) is 2.69. The lowest BCUT2D eigenvalue weighted by atomic mass is 9.77. The molecule has 1 aromatic rings. The summed E-state index contributed by atoms with van der Waals surface area (Å²) in [5.74, 6) is -0.270. The number of carboxylic acid groups (broad SMARTS) is 1. The predicted molar refractivity (Wildman–Crippen MR) is 86.2 cm³/mol. The Morgan fingerprint density at radius 3 is 2.48 bits per heavy atom. The Balaban J connectivity index is 0.000000315. The summed E-state index contributed by atoms with van der Waals surface area (Å²) < 4.78 is 0. The molecular weight excluding hydrogens is 266 g/mol. The van der Waals surface area contributed by atoms with E-state index in [0.29, 0.717) is 12.2 Å². The maximum atomic E-state index is 9.98. The number of carboxylic acids is 1. The van der Waals surface area contributed by atoms with Gasteiger partial charge in [0.05, 0.1) is 0 Å². The molecule has 4 heteroatoms. The standard InChI is InChI=1S/C13H19NO.C4H8O2/c1-4-14-9-8-13(2,3)12-10(14)6-5-7-11(12)15;1-2-3-4(5)6/h5-7,15H,4,8-9H2,1-3H3;2-3H2,1H3,(H,5,6). The summed E-state index contributed by atoms with van der Waals surface area (Å²) in [5, 5.41) is 17.9. The second-order valence-electron chi connectivity index (χ2n) is 6.03. The molecule has 0 saturated carbocycles. The van der Waals surface area contributed by atoms with Crippen LogP contribution in [0.3, 0.4) is 0 Å². The van der Waals surface area contributed by atoms with Crippen LogP contribution in [0.1, 0.15) is 52.5 Å². The minimum absolute atomic E-state index is 0.0896. The molecule has 0 spiro atoms. The van der Waals surface area contributed by atoms with Crippen LogP contribution in [-0.2, 0) is 10.2 Å². The van der Waals surface area contributed by atoms with Crippen LogP contribution in [0.5, 0.6) is 5.75 Å². The van der Waals surface area contributed by atoms with Gasteiger partial charge in [0, 0.05) is 30.8 Å². The van der Waals surface area contributed by atoms with Gasteiger partial charge in [0.2, 0.25) is 0 Å². The number of carbonyl (C=O) groups is 1. The number of rotatable bonds is 3. The van der Waals surface area contributed by atoms with E-state index >= 15 is 0 Å². The maximum Gasteiger partial charge on any atom is 0.303 e. The second-order valence-corrected chi connectivity index (χ2v) is 6.03. The summed E-state index contributed by atoms with van der Waals surface area (Å²) >= 11 is 0. The number of phenols is 1. The van der Waals surface area contributed by atoms with E-state index < -0.39 is 5.97 Å². The van der Waals surface area contributed by atoms with Crippen molar-refractivity contribution in [3.8, 4) is 5.75 Å². The van der Waals surface area contributed by atoms with Gasteiger partial charge in [0.15, 0.2) is 0 Å². The van der Waals surface area contributed by atoms with Crippen molar-refractivity contribution >= 4 is 11.7 Å². The van der Waals surface area contributed by atoms with E-state index in [2.05, 4.69) is 31.7 Å². The molecule has 0 unspecified atom stereocenters. The Bertz CT molecular complexity index is 483. The summed E-state index contributed by atoms with van der Waals surface area (Å²) in [4.78, 5) is 11.9. The number of fused-ring (bicyclic) bond motifs is 1. The van der Waals surface area contributed by atoms with Gasteiger partial charge in [-0.05, 0) is 37.3 Å². The summed E-state index contributed by atoms with van der Waals surface area (Å²) in [5.41, 5.74) is 2.40. The molecule has 1 aliphatic heterocycles. The molecule has 0 radical (unpaired) electrons. The highest BCUT2D eigenvalue weighted by Crippen LogP contribution is 2.44. The summed E-state index contributed by atoms with van der Waals surface area (Å²) in [6, 6.07) is 5.83. The van der Waals surface area contributed by atoms with E-state index in [4.69, 9.17) is 5.11 Å². The van der Waals surface area contributed by atoms with Crippen LogP contribution < -0.4 is 4.90 Å². The molecule has 4 nitrogen and oxygen atoms in total. The zero-order valence-corrected chi connectivity index (χ0v) is 13.5. The molecule has 1 heterocycles. The fraction of sp³-hybridized carbons (Fsp3) is 0.588. The Hall–Kier alpha value is -1.71. The lowest BCUT2D eigenvalue weighted by Crippen LogP contribution is -2.37. The first-order valence-electron chi connectivity index (χ1n) is 7.62. The third kappa shape index (κ3) is 4.38. The third-order valence-corrected chi connectivity index (χ3v) is 3.89. The number of nitrogens with zero attached hydrogens (tertiary/aromatic N) is 1. The number of benzene rings is 1. The Labute approximate surface area is 127 Å². The molecule has 118 valence electrons. The zero-order valence-electron chi connectivity index (χ0n) is 13.5. The lowest BCUT2D eigenvalue weighted by Gasteiger charge is -2.40. The highest BCUT2D eigenvalue weighted by molar-refractivity contribution is 5.66.